The van der Waals surface area contributed by atoms with Gasteiger partial charge in [0, 0.05) is 62.0 Å². The lowest BCUT2D eigenvalue weighted by molar-refractivity contribution is -0.135. The molecule has 0 atom stereocenters. The summed E-state index contributed by atoms with van der Waals surface area (Å²) in [6, 6.07) is 13.3. The monoisotopic (exact) mass is 690 g/mol. The molecule has 3 aromatic carbocycles. The number of phenols is 1. The van der Waals surface area contributed by atoms with Gasteiger partial charge in [-0.3, -0.25) is 14.5 Å². The van der Waals surface area contributed by atoms with Gasteiger partial charge in [0.1, 0.15) is 28.2 Å². The number of piperazine rings is 1. The fourth-order valence-electron chi connectivity index (χ4n) is 6.04. The number of phenolic OH excluding ortho intramolecular Hbond substituents is 1. The van der Waals surface area contributed by atoms with Crippen molar-refractivity contribution in [2.45, 2.75) is 39.2 Å². The molecule has 4 aromatic rings. The second-order valence-electron chi connectivity index (χ2n) is 12.0. The number of carbonyl (C=O) groups is 1. The minimum absolute atomic E-state index is 0.0237. The van der Waals surface area contributed by atoms with Gasteiger partial charge >= 0.3 is 0 Å². The van der Waals surface area contributed by atoms with Crippen LogP contribution in [0, 0.1) is 0 Å². The van der Waals surface area contributed by atoms with Crippen molar-refractivity contribution in [3.8, 4) is 51.6 Å². The Balaban J connectivity index is 1.23. The van der Waals surface area contributed by atoms with E-state index in [4.69, 9.17) is 32.8 Å². The third kappa shape index (κ3) is 8.36. The van der Waals surface area contributed by atoms with Crippen LogP contribution in [0.4, 0.5) is 0 Å². The Hall–Kier alpha value is -5.10. The van der Waals surface area contributed by atoms with Gasteiger partial charge in [0.25, 0.3) is 5.91 Å². The van der Waals surface area contributed by atoms with Gasteiger partial charge in [0.15, 0.2) is 35.0 Å². The van der Waals surface area contributed by atoms with Crippen LogP contribution in [0.1, 0.15) is 38.2 Å². The highest BCUT2D eigenvalue weighted by Gasteiger charge is 2.24. The third-order valence-electron chi connectivity index (χ3n) is 8.75. The average Bonchev–Trinajstić information content (AvgIpc) is 3.13. The summed E-state index contributed by atoms with van der Waals surface area (Å²) < 4.78 is 39.9. The van der Waals surface area contributed by atoms with E-state index in [2.05, 4.69) is 11.8 Å². The molecule has 0 bridgehead atoms. The average molecular weight is 691 g/mol. The van der Waals surface area contributed by atoms with E-state index in [0.29, 0.717) is 73.6 Å². The maximum atomic E-state index is 13.1. The van der Waals surface area contributed by atoms with E-state index in [1.54, 1.807) is 51.5 Å². The highest BCUT2D eigenvalue weighted by molar-refractivity contribution is 5.86. The Kier molecular flexibility index (Phi) is 12.3. The van der Waals surface area contributed by atoms with Crippen molar-refractivity contribution in [1.29, 1.82) is 0 Å². The fraction of sp³-hybridized carbons (Fsp3) is 0.421. The molecular formula is C38H46N2O10. The first-order chi connectivity index (χ1) is 24.3. The molecule has 5 rings (SSSR count). The molecule has 1 aliphatic rings. The Morgan fingerprint density at radius 2 is 1.54 bits per heavy atom. The number of nitrogens with zero attached hydrogens (tertiary/aromatic N) is 2. The standard InChI is InChI=1S/C38H46N2O10/c1-6-7-8-9-18-48-33-19-25(10-12-30(33)44-2)32-22-29(42)36-28(41)20-27(21-34(36)50-32)49-24-35(43)40-16-14-39(15-17-40)23-26-11-13-31(45-3)38(47-5)37(26)46-4/h10-13,19-22,41H,6-9,14-18,23-24H2,1-5H3. The molecule has 0 aliphatic carbocycles. The number of rotatable bonds is 16. The van der Waals surface area contributed by atoms with Gasteiger partial charge in [-0.15, -0.1) is 0 Å². The first-order valence-corrected chi connectivity index (χ1v) is 16.8. The summed E-state index contributed by atoms with van der Waals surface area (Å²) >= 11 is 0. The summed E-state index contributed by atoms with van der Waals surface area (Å²) in [5, 5.41) is 10.8. The molecule has 0 spiro atoms. The molecule has 1 aliphatic heterocycles. The number of fused-ring (bicyclic) bond motifs is 1. The lowest BCUT2D eigenvalue weighted by atomic mass is 10.1. The maximum Gasteiger partial charge on any atom is 0.260 e. The summed E-state index contributed by atoms with van der Waals surface area (Å²) in [6.07, 6.45) is 4.27. The minimum atomic E-state index is -0.414. The highest BCUT2D eigenvalue weighted by Crippen LogP contribution is 2.40. The smallest absolute Gasteiger partial charge is 0.260 e. The van der Waals surface area contributed by atoms with Crippen LogP contribution < -0.4 is 33.8 Å². The third-order valence-corrected chi connectivity index (χ3v) is 8.75. The predicted molar refractivity (Wildman–Crippen MR) is 189 cm³/mol. The zero-order valence-electron chi connectivity index (χ0n) is 29.4. The first-order valence-electron chi connectivity index (χ1n) is 16.8. The van der Waals surface area contributed by atoms with Gasteiger partial charge in [-0.05, 0) is 30.7 Å². The maximum absolute atomic E-state index is 13.1. The Morgan fingerprint density at radius 3 is 2.24 bits per heavy atom. The van der Waals surface area contributed by atoms with Crippen molar-refractivity contribution >= 4 is 16.9 Å². The van der Waals surface area contributed by atoms with E-state index in [9.17, 15) is 14.7 Å². The Morgan fingerprint density at radius 1 is 0.800 bits per heavy atom. The largest absolute Gasteiger partial charge is 0.507 e. The van der Waals surface area contributed by atoms with Crippen molar-refractivity contribution in [2.24, 2.45) is 0 Å². The number of carbonyl (C=O) groups excluding carboxylic acids is 1. The number of unbranched alkanes of at least 4 members (excludes halogenated alkanes) is 3. The molecular weight excluding hydrogens is 644 g/mol. The second kappa shape index (κ2) is 17.0. The molecule has 12 heteroatoms. The van der Waals surface area contributed by atoms with Crippen molar-refractivity contribution in [3.05, 3.63) is 64.3 Å². The van der Waals surface area contributed by atoms with E-state index in [1.165, 1.54) is 18.2 Å². The van der Waals surface area contributed by atoms with Gasteiger partial charge in [0.2, 0.25) is 5.75 Å². The van der Waals surface area contributed by atoms with E-state index in [1.807, 2.05) is 12.1 Å². The van der Waals surface area contributed by atoms with Gasteiger partial charge in [0.05, 0.1) is 35.0 Å². The van der Waals surface area contributed by atoms with E-state index >= 15 is 0 Å². The number of methoxy groups -OCH3 is 4. The van der Waals surface area contributed by atoms with E-state index in [0.717, 1.165) is 31.2 Å². The Bertz CT molecular complexity index is 1830. The van der Waals surface area contributed by atoms with Gasteiger partial charge in [-0.2, -0.15) is 0 Å². The molecule has 268 valence electrons. The van der Waals surface area contributed by atoms with Crippen LogP contribution in [0.3, 0.4) is 0 Å². The Labute approximate surface area is 292 Å². The SMILES string of the molecule is CCCCCCOc1cc(-c2cc(=O)c3c(O)cc(OCC(=O)N4CCN(Cc5ccc(OC)c(OC)c5OC)CC4)cc3o2)ccc1OC. The molecule has 1 amide bonds. The normalized spacial score (nSPS) is 13.3. The molecule has 12 nitrogen and oxygen atoms in total. The number of hydrogen-bond acceptors (Lipinski definition) is 11. The fourth-order valence-corrected chi connectivity index (χ4v) is 6.04. The highest BCUT2D eigenvalue weighted by atomic mass is 16.5. The molecule has 0 radical (unpaired) electrons. The van der Waals surface area contributed by atoms with Gasteiger partial charge in [-0.25, -0.2) is 0 Å². The summed E-state index contributed by atoms with van der Waals surface area (Å²) in [7, 11) is 6.33. The zero-order chi connectivity index (χ0) is 35.6. The quantitative estimate of drug-likeness (QED) is 0.142. The van der Waals surface area contributed by atoms with Crippen LogP contribution in [-0.4, -0.2) is 88.6 Å². The van der Waals surface area contributed by atoms with Crippen LogP contribution in [0.2, 0.25) is 0 Å². The number of hydrogen-bond donors (Lipinski definition) is 1. The number of ether oxygens (including phenoxy) is 6. The summed E-state index contributed by atoms with van der Waals surface area (Å²) in [5.41, 5.74) is 1.28. The number of amides is 1. The topological polar surface area (TPSA) is 129 Å². The van der Waals surface area contributed by atoms with Crippen LogP contribution in [0.15, 0.2) is 57.7 Å². The molecule has 2 heterocycles. The number of aromatic hydroxyl groups is 1. The molecule has 1 N–H and O–H groups in total. The minimum Gasteiger partial charge on any atom is -0.507 e. The molecule has 1 aromatic heterocycles. The molecule has 1 saturated heterocycles. The lowest BCUT2D eigenvalue weighted by Gasteiger charge is -2.35. The van der Waals surface area contributed by atoms with Crippen molar-refractivity contribution in [3.63, 3.8) is 0 Å². The zero-order valence-corrected chi connectivity index (χ0v) is 29.4. The van der Waals surface area contributed by atoms with Crippen LogP contribution in [-0.2, 0) is 11.3 Å². The summed E-state index contributed by atoms with van der Waals surface area (Å²) in [5.74, 6) is 2.88. The number of benzene rings is 3. The second-order valence-corrected chi connectivity index (χ2v) is 12.0. The molecule has 0 saturated carbocycles. The molecule has 0 unspecified atom stereocenters. The van der Waals surface area contributed by atoms with E-state index in [-0.39, 0.29) is 40.7 Å². The molecule has 1 fully saturated rings. The van der Waals surface area contributed by atoms with Crippen molar-refractivity contribution < 1.29 is 42.7 Å². The lowest BCUT2D eigenvalue weighted by Crippen LogP contribution is -2.49. The van der Waals surface area contributed by atoms with Gasteiger partial charge in [-0.1, -0.05) is 32.3 Å². The predicted octanol–water partition coefficient (Wildman–Crippen LogP) is 5.88. The van der Waals surface area contributed by atoms with E-state index < -0.39 is 5.43 Å². The first kappa shape index (κ1) is 36.2. The van der Waals surface area contributed by atoms with Crippen LogP contribution >= 0.6 is 0 Å². The van der Waals surface area contributed by atoms with Crippen molar-refractivity contribution in [1.82, 2.24) is 9.80 Å². The summed E-state index contributed by atoms with van der Waals surface area (Å²) in [6.45, 7) is 5.43. The van der Waals surface area contributed by atoms with Gasteiger partial charge < -0.3 is 42.8 Å². The summed E-state index contributed by atoms with van der Waals surface area (Å²) in [4.78, 5) is 30.2. The molecule has 50 heavy (non-hydrogen) atoms. The van der Waals surface area contributed by atoms with Crippen molar-refractivity contribution in [2.75, 3.05) is 67.8 Å². The van der Waals surface area contributed by atoms with Crippen LogP contribution in [0.25, 0.3) is 22.3 Å². The van der Waals surface area contributed by atoms with Crippen LogP contribution in [0.5, 0.6) is 40.2 Å².